The molecule has 0 aliphatic heterocycles. The van der Waals surface area contributed by atoms with Crippen LogP contribution in [0.1, 0.15) is 23.3 Å². The molecule has 0 aliphatic carbocycles. The molecule has 1 atom stereocenters. The van der Waals surface area contributed by atoms with Crippen LogP contribution < -0.4 is 5.73 Å². The molecule has 4 heteroatoms. The predicted octanol–water partition coefficient (Wildman–Crippen LogP) is 2.24. The summed E-state index contributed by atoms with van der Waals surface area (Å²) in [5.74, 6) is 1.66. The van der Waals surface area contributed by atoms with E-state index in [-0.39, 0.29) is 6.10 Å². The zero-order valence-corrected chi connectivity index (χ0v) is 10.5. The van der Waals surface area contributed by atoms with E-state index in [1.165, 1.54) is 0 Å². The molecule has 2 heterocycles. The van der Waals surface area contributed by atoms with E-state index in [0.717, 1.165) is 23.6 Å². The van der Waals surface area contributed by atoms with Crippen LogP contribution >= 0.6 is 0 Å². The van der Waals surface area contributed by atoms with Gasteiger partial charge in [-0.3, -0.25) is 4.98 Å². The number of furan rings is 1. The quantitative estimate of drug-likeness (QED) is 0.849. The largest absolute Gasteiger partial charge is 0.464 e. The van der Waals surface area contributed by atoms with E-state index in [4.69, 9.17) is 14.9 Å². The summed E-state index contributed by atoms with van der Waals surface area (Å²) in [6, 6.07) is 9.68. The SMILES string of the molecule is Cc1ccc(C(CN)OCCc2ccccn2)o1. The van der Waals surface area contributed by atoms with E-state index in [9.17, 15) is 0 Å². The third-order valence-corrected chi connectivity index (χ3v) is 2.70. The number of ether oxygens (including phenoxy) is 1. The van der Waals surface area contributed by atoms with Gasteiger partial charge in [0, 0.05) is 24.9 Å². The summed E-state index contributed by atoms with van der Waals surface area (Å²) in [7, 11) is 0. The Morgan fingerprint density at radius 1 is 1.33 bits per heavy atom. The van der Waals surface area contributed by atoms with E-state index in [1.807, 2.05) is 37.3 Å². The fourth-order valence-corrected chi connectivity index (χ4v) is 1.74. The fraction of sp³-hybridized carbons (Fsp3) is 0.357. The van der Waals surface area contributed by atoms with Crippen molar-refractivity contribution in [3.63, 3.8) is 0 Å². The lowest BCUT2D eigenvalue weighted by atomic mass is 10.2. The van der Waals surface area contributed by atoms with Crippen LogP contribution in [0, 0.1) is 6.92 Å². The molecule has 2 aromatic rings. The molecular formula is C14H18N2O2. The Balaban J connectivity index is 1.85. The van der Waals surface area contributed by atoms with Crippen molar-refractivity contribution in [3.8, 4) is 0 Å². The van der Waals surface area contributed by atoms with Crippen molar-refractivity contribution in [1.29, 1.82) is 0 Å². The maximum Gasteiger partial charge on any atom is 0.134 e. The molecule has 0 aromatic carbocycles. The Kier molecular flexibility index (Phi) is 4.50. The van der Waals surface area contributed by atoms with Crippen molar-refractivity contribution in [2.75, 3.05) is 13.2 Å². The van der Waals surface area contributed by atoms with E-state index >= 15 is 0 Å². The van der Waals surface area contributed by atoms with Crippen LogP contribution in [0.5, 0.6) is 0 Å². The van der Waals surface area contributed by atoms with Crippen LogP contribution in [0.2, 0.25) is 0 Å². The first-order valence-electron chi connectivity index (χ1n) is 6.07. The molecule has 0 fully saturated rings. The van der Waals surface area contributed by atoms with Gasteiger partial charge in [-0.15, -0.1) is 0 Å². The van der Waals surface area contributed by atoms with Crippen molar-refractivity contribution in [2.24, 2.45) is 5.73 Å². The number of aryl methyl sites for hydroxylation is 1. The van der Waals surface area contributed by atoms with Crippen LogP contribution in [0.25, 0.3) is 0 Å². The molecule has 0 bridgehead atoms. The van der Waals surface area contributed by atoms with Gasteiger partial charge in [0.1, 0.15) is 17.6 Å². The highest BCUT2D eigenvalue weighted by molar-refractivity contribution is 5.09. The first-order valence-corrected chi connectivity index (χ1v) is 6.07. The Morgan fingerprint density at radius 2 is 2.22 bits per heavy atom. The number of pyridine rings is 1. The molecule has 2 N–H and O–H groups in total. The van der Waals surface area contributed by atoms with Gasteiger partial charge in [0.05, 0.1) is 6.61 Å². The van der Waals surface area contributed by atoms with Crippen LogP contribution in [-0.4, -0.2) is 18.1 Å². The monoisotopic (exact) mass is 246 g/mol. The predicted molar refractivity (Wildman–Crippen MR) is 69.1 cm³/mol. The molecule has 1 unspecified atom stereocenters. The second-order valence-corrected chi connectivity index (χ2v) is 4.11. The second-order valence-electron chi connectivity index (χ2n) is 4.11. The molecule has 0 amide bonds. The van der Waals surface area contributed by atoms with Gasteiger partial charge in [-0.05, 0) is 31.2 Å². The molecule has 0 saturated carbocycles. The molecule has 0 radical (unpaired) electrons. The standard InChI is InChI=1S/C14H18N2O2/c1-11-5-6-13(18-11)14(10-15)17-9-7-12-4-2-3-8-16-12/h2-6,8,14H,7,9-10,15H2,1H3. The molecular weight excluding hydrogens is 228 g/mol. The van der Waals surface area contributed by atoms with Gasteiger partial charge in [0.15, 0.2) is 0 Å². The van der Waals surface area contributed by atoms with Crippen molar-refractivity contribution >= 4 is 0 Å². The molecule has 0 aliphatic rings. The summed E-state index contributed by atoms with van der Waals surface area (Å²) in [4.78, 5) is 4.24. The molecule has 96 valence electrons. The van der Waals surface area contributed by atoms with Crippen molar-refractivity contribution < 1.29 is 9.15 Å². The number of nitrogens with zero attached hydrogens (tertiary/aromatic N) is 1. The third-order valence-electron chi connectivity index (χ3n) is 2.70. The average Bonchev–Trinajstić information content (AvgIpc) is 2.82. The van der Waals surface area contributed by atoms with E-state index in [0.29, 0.717) is 13.2 Å². The van der Waals surface area contributed by atoms with Crippen LogP contribution in [0.4, 0.5) is 0 Å². The molecule has 0 saturated heterocycles. The van der Waals surface area contributed by atoms with E-state index in [2.05, 4.69) is 4.98 Å². The topological polar surface area (TPSA) is 61.3 Å². The summed E-state index contributed by atoms with van der Waals surface area (Å²) in [5.41, 5.74) is 6.71. The average molecular weight is 246 g/mol. The van der Waals surface area contributed by atoms with Crippen LogP contribution in [-0.2, 0) is 11.2 Å². The Bertz CT molecular complexity index is 468. The summed E-state index contributed by atoms with van der Waals surface area (Å²) in [6.07, 6.45) is 2.38. The van der Waals surface area contributed by atoms with Gasteiger partial charge in [0.25, 0.3) is 0 Å². The highest BCUT2D eigenvalue weighted by Crippen LogP contribution is 2.19. The molecule has 2 rings (SSSR count). The zero-order chi connectivity index (χ0) is 12.8. The van der Waals surface area contributed by atoms with Gasteiger partial charge in [-0.2, -0.15) is 0 Å². The highest BCUT2D eigenvalue weighted by Gasteiger charge is 2.13. The Morgan fingerprint density at radius 3 is 2.83 bits per heavy atom. The lowest BCUT2D eigenvalue weighted by Gasteiger charge is -2.13. The van der Waals surface area contributed by atoms with Crippen LogP contribution in [0.15, 0.2) is 40.9 Å². The molecule has 0 spiro atoms. The molecule has 4 nitrogen and oxygen atoms in total. The van der Waals surface area contributed by atoms with Gasteiger partial charge in [-0.1, -0.05) is 6.07 Å². The number of hydrogen-bond donors (Lipinski definition) is 1. The van der Waals surface area contributed by atoms with E-state index in [1.54, 1.807) is 6.20 Å². The minimum Gasteiger partial charge on any atom is -0.464 e. The summed E-state index contributed by atoms with van der Waals surface area (Å²) in [6.45, 7) is 2.90. The van der Waals surface area contributed by atoms with Crippen LogP contribution in [0.3, 0.4) is 0 Å². The fourth-order valence-electron chi connectivity index (χ4n) is 1.74. The lowest BCUT2D eigenvalue weighted by molar-refractivity contribution is 0.0449. The maximum atomic E-state index is 5.74. The molecule has 2 aromatic heterocycles. The van der Waals surface area contributed by atoms with Crippen molar-refractivity contribution in [1.82, 2.24) is 4.98 Å². The van der Waals surface area contributed by atoms with Gasteiger partial charge in [0.2, 0.25) is 0 Å². The Hall–Kier alpha value is -1.65. The lowest BCUT2D eigenvalue weighted by Crippen LogP contribution is -2.16. The molecule has 18 heavy (non-hydrogen) atoms. The van der Waals surface area contributed by atoms with Crippen molar-refractivity contribution in [2.45, 2.75) is 19.4 Å². The smallest absolute Gasteiger partial charge is 0.134 e. The first-order chi connectivity index (χ1) is 8.79. The highest BCUT2D eigenvalue weighted by atomic mass is 16.5. The normalized spacial score (nSPS) is 12.6. The summed E-state index contributed by atoms with van der Waals surface area (Å²) < 4.78 is 11.3. The summed E-state index contributed by atoms with van der Waals surface area (Å²) >= 11 is 0. The van der Waals surface area contributed by atoms with Gasteiger partial charge < -0.3 is 14.9 Å². The minimum atomic E-state index is -0.178. The summed E-state index contributed by atoms with van der Waals surface area (Å²) in [5, 5.41) is 0. The van der Waals surface area contributed by atoms with Crippen molar-refractivity contribution in [3.05, 3.63) is 53.7 Å². The Labute approximate surface area is 107 Å². The van der Waals surface area contributed by atoms with Gasteiger partial charge >= 0.3 is 0 Å². The van der Waals surface area contributed by atoms with E-state index < -0.39 is 0 Å². The number of hydrogen-bond acceptors (Lipinski definition) is 4. The number of rotatable bonds is 6. The van der Waals surface area contributed by atoms with Gasteiger partial charge in [-0.25, -0.2) is 0 Å². The first kappa shape index (κ1) is 12.8. The number of nitrogens with two attached hydrogens (primary N) is 1. The number of aromatic nitrogens is 1. The third kappa shape index (κ3) is 3.42. The second kappa shape index (κ2) is 6.33. The maximum absolute atomic E-state index is 5.74. The zero-order valence-electron chi connectivity index (χ0n) is 10.5. The minimum absolute atomic E-state index is 0.178.